The number of rotatable bonds is 12. The van der Waals surface area contributed by atoms with Gasteiger partial charge in [0.25, 0.3) is 0 Å². The lowest BCUT2D eigenvalue weighted by Gasteiger charge is -2.31. The Labute approximate surface area is 275 Å². The maximum absolute atomic E-state index is 13.4. The zero-order valence-corrected chi connectivity index (χ0v) is 30.1. The van der Waals surface area contributed by atoms with Gasteiger partial charge in [-0.3, -0.25) is 14.4 Å². The Morgan fingerprint density at radius 3 is 1.54 bits per heavy atom. The quantitative estimate of drug-likeness (QED) is 0.0985. The van der Waals surface area contributed by atoms with E-state index in [4.69, 9.17) is 23.7 Å². The van der Waals surface area contributed by atoms with Crippen LogP contribution >= 0.6 is 0 Å². The molecule has 0 heterocycles. The van der Waals surface area contributed by atoms with Crippen LogP contribution in [0.3, 0.4) is 0 Å². The zero-order chi connectivity index (χ0) is 35.1. The third kappa shape index (κ3) is 10.9. The molecular formula is C38H54O8. The number of allylic oxidation sites excluding steroid dienone is 1. The van der Waals surface area contributed by atoms with Crippen molar-refractivity contribution in [3.05, 3.63) is 58.7 Å². The van der Waals surface area contributed by atoms with Gasteiger partial charge in [0.2, 0.25) is 13.6 Å². The van der Waals surface area contributed by atoms with Crippen LogP contribution in [0.4, 0.5) is 0 Å². The molecule has 0 saturated heterocycles. The van der Waals surface area contributed by atoms with E-state index in [1.165, 1.54) is 6.08 Å². The maximum atomic E-state index is 13.4. The first-order valence-corrected chi connectivity index (χ1v) is 15.8. The van der Waals surface area contributed by atoms with Gasteiger partial charge in [0.1, 0.15) is 17.2 Å². The smallest absolute Gasteiger partial charge is 0.314 e. The van der Waals surface area contributed by atoms with Gasteiger partial charge < -0.3 is 23.7 Å². The minimum atomic E-state index is -0.686. The van der Waals surface area contributed by atoms with Crippen molar-refractivity contribution in [1.29, 1.82) is 0 Å². The molecule has 8 nitrogen and oxygen atoms in total. The maximum Gasteiger partial charge on any atom is 0.314 e. The zero-order valence-electron chi connectivity index (χ0n) is 30.1. The van der Waals surface area contributed by atoms with Crippen molar-refractivity contribution in [2.45, 2.75) is 107 Å². The van der Waals surface area contributed by atoms with Gasteiger partial charge in [-0.05, 0) is 101 Å². The van der Waals surface area contributed by atoms with Crippen molar-refractivity contribution in [3.63, 3.8) is 0 Å². The fourth-order valence-electron chi connectivity index (χ4n) is 4.15. The van der Waals surface area contributed by atoms with Gasteiger partial charge in [0.15, 0.2) is 5.78 Å². The van der Waals surface area contributed by atoms with E-state index < -0.39 is 10.8 Å². The van der Waals surface area contributed by atoms with Crippen LogP contribution in [0.25, 0.3) is 6.08 Å². The molecule has 0 aliphatic rings. The van der Waals surface area contributed by atoms with Crippen molar-refractivity contribution in [2.24, 2.45) is 10.8 Å². The lowest BCUT2D eigenvalue weighted by molar-refractivity contribution is -0.160. The standard InChI is InChI=1S/C38H54O8/c1-14-21-42-31-27(19-20-30(39)25-15-17-26(18-16-25)43-23-45-33(40)37(8,9)10)32(44-24-46-34(41)38(11,12)13)29(36(5,6)7)22-28(31)35(2,3)4/h15-20,22H,14,21,23-24H2,1-13H3/b20-19+. The fraction of sp³-hybridized carbons (Fsp3) is 0.553. The van der Waals surface area contributed by atoms with Crippen LogP contribution < -0.4 is 14.2 Å². The Bertz CT molecular complexity index is 1390. The number of ketones is 1. The molecule has 0 aliphatic carbocycles. The summed E-state index contributed by atoms with van der Waals surface area (Å²) < 4.78 is 28.8. The summed E-state index contributed by atoms with van der Waals surface area (Å²) in [4.78, 5) is 37.9. The highest BCUT2D eigenvalue weighted by atomic mass is 16.7. The normalized spacial score (nSPS) is 12.5. The second kappa shape index (κ2) is 15.2. The number of hydrogen-bond donors (Lipinski definition) is 0. The summed E-state index contributed by atoms with van der Waals surface area (Å²) in [7, 11) is 0. The average Bonchev–Trinajstić information content (AvgIpc) is 2.92. The molecule has 2 aromatic rings. The van der Waals surface area contributed by atoms with Crippen molar-refractivity contribution < 1.29 is 38.1 Å². The first kappa shape index (κ1) is 38.4. The molecule has 0 N–H and O–H groups in total. The van der Waals surface area contributed by atoms with Crippen LogP contribution in [0.2, 0.25) is 0 Å². The first-order valence-electron chi connectivity index (χ1n) is 15.8. The molecule has 0 aromatic heterocycles. The van der Waals surface area contributed by atoms with Gasteiger partial charge in [0.05, 0.1) is 23.0 Å². The molecule has 0 unspecified atom stereocenters. The predicted octanol–water partition coefficient (Wildman–Crippen LogP) is 8.82. The summed E-state index contributed by atoms with van der Waals surface area (Å²) in [6, 6.07) is 8.70. The molecule has 0 bridgehead atoms. The third-order valence-electron chi connectivity index (χ3n) is 6.91. The summed E-state index contributed by atoms with van der Waals surface area (Å²) in [6.45, 7) is 25.2. The SMILES string of the molecule is CCCOc1c(C(C)(C)C)cc(C(C)(C)C)c(OCOC(=O)C(C)(C)C)c1/C=C/C(=O)c1ccc(OCOC(=O)C(C)(C)C)cc1. The summed E-state index contributed by atoms with van der Waals surface area (Å²) in [5.74, 6) is 0.586. The molecule has 0 fully saturated rings. The highest BCUT2D eigenvalue weighted by Gasteiger charge is 2.31. The van der Waals surface area contributed by atoms with Crippen molar-refractivity contribution >= 4 is 23.8 Å². The van der Waals surface area contributed by atoms with Crippen LogP contribution in [0, 0.1) is 10.8 Å². The van der Waals surface area contributed by atoms with Crippen LogP contribution in [0.1, 0.15) is 123 Å². The predicted molar refractivity (Wildman–Crippen MR) is 182 cm³/mol. The molecule has 254 valence electrons. The number of esters is 2. The van der Waals surface area contributed by atoms with E-state index in [0.29, 0.717) is 35.0 Å². The highest BCUT2D eigenvalue weighted by Crippen LogP contribution is 2.46. The number of carbonyl (C=O) groups excluding carboxylic acids is 3. The van der Waals surface area contributed by atoms with Gasteiger partial charge >= 0.3 is 11.9 Å². The van der Waals surface area contributed by atoms with Crippen LogP contribution in [-0.4, -0.2) is 37.9 Å². The Kier molecular flexibility index (Phi) is 12.7. The topological polar surface area (TPSA) is 97.4 Å². The van der Waals surface area contributed by atoms with Gasteiger partial charge in [-0.2, -0.15) is 0 Å². The summed E-state index contributed by atoms with van der Waals surface area (Å²) in [5.41, 5.74) is 0.964. The summed E-state index contributed by atoms with van der Waals surface area (Å²) in [5, 5.41) is 0. The van der Waals surface area contributed by atoms with Gasteiger partial charge in [-0.1, -0.05) is 48.5 Å². The van der Waals surface area contributed by atoms with E-state index in [-0.39, 0.29) is 42.1 Å². The molecule has 0 amide bonds. The molecule has 0 spiro atoms. The Balaban J connectivity index is 2.54. The van der Waals surface area contributed by atoms with E-state index in [2.05, 4.69) is 47.6 Å². The van der Waals surface area contributed by atoms with Crippen molar-refractivity contribution in [2.75, 3.05) is 20.2 Å². The first-order chi connectivity index (χ1) is 21.1. The number of benzene rings is 2. The highest BCUT2D eigenvalue weighted by molar-refractivity contribution is 6.07. The lowest BCUT2D eigenvalue weighted by Crippen LogP contribution is -2.26. The number of ether oxygens (including phenoxy) is 5. The Morgan fingerprint density at radius 1 is 0.652 bits per heavy atom. The second-order valence-corrected chi connectivity index (χ2v) is 15.5. The molecule has 2 rings (SSSR count). The van der Waals surface area contributed by atoms with Crippen molar-refractivity contribution in [1.82, 2.24) is 0 Å². The molecule has 0 radical (unpaired) electrons. The minimum absolute atomic E-state index is 0.224. The van der Waals surface area contributed by atoms with Crippen LogP contribution in [0.15, 0.2) is 36.4 Å². The fourth-order valence-corrected chi connectivity index (χ4v) is 4.15. The minimum Gasteiger partial charge on any atom is -0.493 e. The molecule has 2 aromatic carbocycles. The van der Waals surface area contributed by atoms with E-state index in [1.807, 2.05) is 6.92 Å². The van der Waals surface area contributed by atoms with Gasteiger partial charge in [-0.25, -0.2) is 0 Å². The van der Waals surface area contributed by atoms with Crippen LogP contribution in [-0.2, 0) is 29.9 Å². The summed E-state index contributed by atoms with van der Waals surface area (Å²) >= 11 is 0. The molecular weight excluding hydrogens is 584 g/mol. The second-order valence-electron chi connectivity index (χ2n) is 15.5. The number of carbonyl (C=O) groups is 3. The Hall–Kier alpha value is -3.81. The molecule has 8 heteroatoms. The largest absolute Gasteiger partial charge is 0.493 e. The molecule has 0 aliphatic heterocycles. The monoisotopic (exact) mass is 638 g/mol. The summed E-state index contributed by atoms with van der Waals surface area (Å²) in [6.07, 6.45) is 3.99. The third-order valence-corrected chi connectivity index (χ3v) is 6.91. The van der Waals surface area contributed by atoms with E-state index in [9.17, 15) is 14.4 Å². The molecule has 0 atom stereocenters. The van der Waals surface area contributed by atoms with Gasteiger partial charge in [0, 0.05) is 16.7 Å². The Morgan fingerprint density at radius 2 is 1.11 bits per heavy atom. The molecule has 0 saturated carbocycles. The van der Waals surface area contributed by atoms with E-state index in [0.717, 1.165) is 17.5 Å². The van der Waals surface area contributed by atoms with Crippen molar-refractivity contribution in [3.8, 4) is 17.2 Å². The van der Waals surface area contributed by atoms with Gasteiger partial charge in [-0.15, -0.1) is 0 Å². The van der Waals surface area contributed by atoms with Crippen LogP contribution in [0.5, 0.6) is 17.2 Å². The average molecular weight is 639 g/mol. The van der Waals surface area contributed by atoms with E-state index in [1.54, 1.807) is 71.9 Å². The number of hydrogen-bond acceptors (Lipinski definition) is 8. The molecule has 46 heavy (non-hydrogen) atoms. The van der Waals surface area contributed by atoms with E-state index >= 15 is 0 Å². The lowest BCUT2D eigenvalue weighted by atomic mass is 9.78.